The SMILES string of the molecule is Brc1ccc(C[n+]2ccccc2)cc1.[Br-]. The van der Waals surface area contributed by atoms with Gasteiger partial charge in [-0.25, -0.2) is 4.57 Å². The average Bonchev–Trinajstić information content (AvgIpc) is 2.23. The van der Waals surface area contributed by atoms with Crippen molar-refractivity contribution in [1.29, 1.82) is 0 Å². The molecule has 1 aromatic carbocycles. The van der Waals surface area contributed by atoms with Crippen LogP contribution in [-0.4, -0.2) is 0 Å². The van der Waals surface area contributed by atoms with Gasteiger partial charge in [0.2, 0.25) is 0 Å². The molecule has 0 saturated heterocycles. The molecule has 2 aromatic rings. The van der Waals surface area contributed by atoms with Gasteiger partial charge in [0, 0.05) is 22.2 Å². The summed E-state index contributed by atoms with van der Waals surface area (Å²) < 4.78 is 3.28. The van der Waals surface area contributed by atoms with Crippen LogP contribution in [0.25, 0.3) is 0 Å². The topological polar surface area (TPSA) is 3.88 Å². The molecule has 15 heavy (non-hydrogen) atoms. The van der Waals surface area contributed by atoms with Crippen LogP contribution in [0.5, 0.6) is 0 Å². The number of hydrogen-bond donors (Lipinski definition) is 0. The number of nitrogens with zero attached hydrogens (tertiary/aromatic N) is 1. The molecule has 0 amide bonds. The van der Waals surface area contributed by atoms with Gasteiger partial charge in [-0.05, 0) is 12.1 Å². The second-order valence-corrected chi connectivity index (χ2v) is 4.09. The zero-order valence-corrected chi connectivity index (χ0v) is 11.3. The number of hydrogen-bond acceptors (Lipinski definition) is 0. The van der Waals surface area contributed by atoms with E-state index < -0.39 is 0 Å². The fourth-order valence-corrected chi connectivity index (χ4v) is 1.60. The monoisotopic (exact) mass is 327 g/mol. The smallest absolute Gasteiger partial charge is 0.173 e. The molecule has 0 fully saturated rings. The summed E-state index contributed by atoms with van der Waals surface area (Å²) in [6, 6.07) is 14.5. The Morgan fingerprint density at radius 1 is 0.933 bits per heavy atom. The van der Waals surface area contributed by atoms with Gasteiger partial charge in [-0.2, -0.15) is 0 Å². The van der Waals surface area contributed by atoms with Crippen molar-refractivity contribution in [3.63, 3.8) is 0 Å². The number of aromatic nitrogens is 1. The summed E-state index contributed by atoms with van der Waals surface area (Å²) in [7, 11) is 0. The van der Waals surface area contributed by atoms with Gasteiger partial charge >= 0.3 is 0 Å². The van der Waals surface area contributed by atoms with Crippen LogP contribution >= 0.6 is 15.9 Å². The van der Waals surface area contributed by atoms with E-state index in [9.17, 15) is 0 Å². The summed E-state index contributed by atoms with van der Waals surface area (Å²) in [5.41, 5.74) is 1.31. The maximum atomic E-state index is 3.42. The molecule has 2 rings (SSSR count). The maximum Gasteiger partial charge on any atom is 0.173 e. The van der Waals surface area contributed by atoms with Crippen molar-refractivity contribution in [3.05, 3.63) is 64.9 Å². The third-order valence-electron chi connectivity index (χ3n) is 2.06. The van der Waals surface area contributed by atoms with Gasteiger partial charge in [-0.15, -0.1) is 0 Å². The molecule has 1 nitrogen and oxygen atoms in total. The summed E-state index contributed by atoms with van der Waals surface area (Å²) in [4.78, 5) is 0. The van der Waals surface area contributed by atoms with Crippen molar-refractivity contribution in [2.45, 2.75) is 6.54 Å². The minimum absolute atomic E-state index is 0. The Hall–Kier alpha value is -0.670. The molecular formula is C12H11Br2N. The minimum atomic E-state index is 0. The molecule has 3 heteroatoms. The quantitative estimate of drug-likeness (QED) is 0.672. The van der Waals surface area contributed by atoms with Gasteiger partial charge in [0.1, 0.15) is 0 Å². The van der Waals surface area contributed by atoms with E-state index >= 15 is 0 Å². The van der Waals surface area contributed by atoms with Crippen molar-refractivity contribution >= 4 is 15.9 Å². The van der Waals surface area contributed by atoms with Crippen molar-refractivity contribution in [1.82, 2.24) is 0 Å². The van der Waals surface area contributed by atoms with Gasteiger partial charge in [-0.3, -0.25) is 0 Å². The van der Waals surface area contributed by atoms with Crippen molar-refractivity contribution < 1.29 is 21.5 Å². The number of benzene rings is 1. The molecule has 1 heterocycles. The normalized spacial score (nSPS) is 9.40. The van der Waals surface area contributed by atoms with Gasteiger partial charge in [0.15, 0.2) is 18.9 Å². The predicted octanol–water partition coefficient (Wildman–Crippen LogP) is -0.211. The first kappa shape index (κ1) is 12.4. The van der Waals surface area contributed by atoms with E-state index in [-0.39, 0.29) is 17.0 Å². The van der Waals surface area contributed by atoms with Crippen molar-refractivity contribution in [2.24, 2.45) is 0 Å². The Labute approximate surface area is 109 Å². The van der Waals surface area contributed by atoms with E-state index in [2.05, 4.69) is 57.2 Å². The van der Waals surface area contributed by atoms with Crippen LogP contribution in [0.4, 0.5) is 0 Å². The van der Waals surface area contributed by atoms with E-state index in [1.807, 2.05) is 18.2 Å². The fraction of sp³-hybridized carbons (Fsp3) is 0.0833. The first-order chi connectivity index (χ1) is 6.84. The van der Waals surface area contributed by atoms with Gasteiger partial charge in [0.25, 0.3) is 0 Å². The second kappa shape index (κ2) is 6.03. The standard InChI is InChI=1S/C12H11BrN.BrH/c13-12-6-4-11(5-7-12)10-14-8-2-1-3-9-14;/h1-9H,10H2;1H/q+1;/p-1. The lowest BCUT2D eigenvalue weighted by molar-refractivity contribution is -0.688. The Bertz CT molecular complexity index is 398. The van der Waals surface area contributed by atoms with Crippen LogP contribution < -0.4 is 21.5 Å². The summed E-state index contributed by atoms with van der Waals surface area (Å²) >= 11 is 3.42. The predicted molar refractivity (Wildman–Crippen MR) is 59.9 cm³/mol. The number of halogens is 2. The fourth-order valence-electron chi connectivity index (χ4n) is 1.34. The average molecular weight is 329 g/mol. The largest absolute Gasteiger partial charge is 1.00 e. The van der Waals surface area contributed by atoms with Crippen LogP contribution in [0, 0.1) is 0 Å². The molecule has 0 spiro atoms. The first-order valence-corrected chi connectivity index (χ1v) is 5.32. The molecular weight excluding hydrogens is 318 g/mol. The van der Waals surface area contributed by atoms with Crippen LogP contribution in [0.1, 0.15) is 5.56 Å². The van der Waals surface area contributed by atoms with E-state index in [4.69, 9.17) is 0 Å². The van der Waals surface area contributed by atoms with Gasteiger partial charge in [0.05, 0.1) is 0 Å². The lowest BCUT2D eigenvalue weighted by atomic mass is 10.2. The van der Waals surface area contributed by atoms with Crippen molar-refractivity contribution in [3.8, 4) is 0 Å². The van der Waals surface area contributed by atoms with E-state index in [1.165, 1.54) is 5.56 Å². The first-order valence-electron chi connectivity index (χ1n) is 4.53. The summed E-state index contributed by atoms with van der Waals surface area (Å²) in [6.07, 6.45) is 4.14. The van der Waals surface area contributed by atoms with Crippen LogP contribution in [0.3, 0.4) is 0 Å². The lowest BCUT2D eigenvalue weighted by Gasteiger charge is -1.97. The summed E-state index contributed by atoms with van der Waals surface area (Å²) in [5.74, 6) is 0. The Morgan fingerprint density at radius 2 is 1.53 bits per heavy atom. The Morgan fingerprint density at radius 3 is 2.13 bits per heavy atom. The molecule has 0 N–H and O–H groups in total. The highest BCUT2D eigenvalue weighted by Crippen LogP contribution is 2.09. The zero-order chi connectivity index (χ0) is 9.80. The van der Waals surface area contributed by atoms with Crippen LogP contribution in [0.2, 0.25) is 0 Å². The van der Waals surface area contributed by atoms with E-state index in [0.717, 1.165) is 11.0 Å². The molecule has 78 valence electrons. The van der Waals surface area contributed by atoms with Crippen LogP contribution in [0.15, 0.2) is 59.3 Å². The maximum absolute atomic E-state index is 3.42. The second-order valence-electron chi connectivity index (χ2n) is 3.17. The third kappa shape index (κ3) is 3.76. The van der Waals surface area contributed by atoms with E-state index in [1.54, 1.807) is 0 Å². The molecule has 0 aliphatic rings. The summed E-state index contributed by atoms with van der Waals surface area (Å²) in [5, 5.41) is 0. The molecule has 0 unspecified atom stereocenters. The zero-order valence-electron chi connectivity index (χ0n) is 8.11. The summed E-state index contributed by atoms with van der Waals surface area (Å²) in [6.45, 7) is 0.925. The highest BCUT2D eigenvalue weighted by molar-refractivity contribution is 9.10. The van der Waals surface area contributed by atoms with Gasteiger partial charge in [-0.1, -0.05) is 34.1 Å². The molecule has 0 saturated carbocycles. The molecule has 0 radical (unpaired) electrons. The molecule has 1 aromatic heterocycles. The van der Waals surface area contributed by atoms with Crippen molar-refractivity contribution in [2.75, 3.05) is 0 Å². The number of pyridine rings is 1. The Kier molecular flexibility index (Phi) is 4.99. The minimum Gasteiger partial charge on any atom is -1.00 e. The Balaban J connectivity index is 0.00000112. The lowest BCUT2D eigenvalue weighted by Crippen LogP contribution is -3.00. The molecule has 0 aliphatic heterocycles. The van der Waals surface area contributed by atoms with Gasteiger partial charge < -0.3 is 17.0 Å². The number of rotatable bonds is 2. The van der Waals surface area contributed by atoms with Crippen LogP contribution in [-0.2, 0) is 6.54 Å². The highest BCUT2D eigenvalue weighted by atomic mass is 79.9. The molecule has 0 atom stereocenters. The highest BCUT2D eigenvalue weighted by Gasteiger charge is 1.99. The molecule has 0 aliphatic carbocycles. The molecule has 0 bridgehead atoms. The third-order valence-corrected chi connectivity index (χ3v) is 2.58. The van der Waals surface area contributed by atoms with E-state index in [0.29, 0.717) is 0 Å².